The molecule has 3 heteroatoms. The fourth-order valence-corrected chi connectivity index (χ4v) is 0.497. The van der Waals surface area contributed by atoms with E-state index < -0.39 is 0 Å². The lowest BCUT2D eigenvalue weighted by Gasteiger charge is -1.91. The molecule has 0 spiro atoms. The zero-order chi connectivity index (χ0) is 5.70. The molecule has 42 valence electrons. The van der Waals surface area contributed by atoms with Gasteiger partial charge in [-0.05, 0) is 6.08 Å². The third-order valence-electron chi connectivity index (χ3n) is 0.442. The number of allylic oxidation sites excluding steroid dienone is 1. The SMILES string of the molecule is OC=CC(Br)CBr. The summed E-state index contributed by atoms with van der Waals surface area (Å²) in [6, 6.07) is 0. The topological polar surface area (TPSA) is 20.2 Å². The molecule has 0 fully saturated rings. The van der Waals surface area contributed by atoms with E-state index in [4.69, 9.17) is 5.11 Å². The molecule has 0 aromatic carbocycles. The fourth-order valence-electron chi connectivity index (χ4n) is 0.145. The van der Waals surface area contributed by atoms with Crippen LogP contribution in [-0.4, -0.2) is 15.3 Å². The highest BCUT2D eigenvalue weighted by atomic mass is 79.9. The van der Waals surface area contributed by atoms with Gasteiger partial charge in [-0.15, -0.1) is 0 Å². The Balaban J connectivity index is 3.16. The molecule has 0 aromatic heterocycles. The van der Waals surface area contributed by atoms with Crippen LogP contribution in [0.1, 0.15) is 0 Å². The molecule has 0 aromatic rings. The predicted molar refractivity (Wildman–Crippen MR) is 38.3 cm³/mol. The lowest BCUT2D eigenvalue weighted by molar-refractivity contribution is 0.471. The molecule has 0 aliphatic carbocycles. The van der Waals surface area contributed by atoms with Crippen LogP contribution in [0, 0.1) is 0 Å². The Morgan fingerprint density at radius 2 is 2.29 bits per heavy atom. The molecule has 0 rings (SSSR count). The first-order valence-electron chi connectivity index (χ1n) is 1.82. The molecule has 0 saturated heterocycles. The number of halogens is 2. The molecule has 7 heavy (non-hydrogen) atoms. The van der Waals surface area contributed by atoms with Gasteiger partial charge in [0.25, 0.3) is 0 Å². The van der Waals surface area contributed by atoms with Crippen LogP contribution in [0.2, 0.25) is 0 Å². The maximum atomic E-state index is 8.14. The van der Waals surface area contributed by atoms with Gasteiger partial charge in [0.2, 0.25) is 0 Å². The highest BCUT2D eigenvalue weighted by molar-refractivity contribution is 9.12. The number of aliphatic hydroxyl groups excluding tert-OH is 1. The summed E-state index contributed by atoms with van der Waals surface area (Å²) in [7, 11) is 0. The highest BCUT2D eigenvalue weighted by Crippen LogP contribution is 2.03. The summed E-state index contributed by atoms with van der Waals surface area (Å²) < 4.78 is 0. The summed E-state index contributed by atoms with van der Waals surface area (Å²) in [5, 5.41) is 8.96. The maximum Gasteiger partial charge on any atom is 0.0763 e. The number of aliphatic hydroxyl groups is 1. The standard InChI is InChI=1S/C4H6Br2O/c5-3-4(6)1-2-7/h1-2,4,7H,3H2. The van der Waals surface area contributed by atoms with Gasteiger partial charge in [-0.3, -0.25) is 0 Å². The van der Waals surface area contributed by atoms with Crippen LogP contribution in [0.15, 0.2) is 12.3 Å². The normalized spacial score (nSPS) is 15.1. The molecular formula is C4H6Br2O. The average Bonchev–Trinajstić information content (AvgIpc) is 1.68. The van der Waals surface area contributed by atoms with Crippen LogP contribution in [0.25, 0.3) is 0 Å². The fraction of sp³-hybridized carbons (Fsp3) is 0.500. The highest BCUT2D eigenvalue weighted by Gasteiger charge is 1.91. The van der Waals surface area contributed by atoms with Gasteiger partial charge in [-0.2, -0.15) is 0 Å². The molecule has 0 amide bonds. The molecule has 0 bridgehead atoms. The van der Waals surface area contributed by atoms with Gasteiger partial charge in [0, 0.05) is 10.2 Å². The Kier molecular flexibility index (Phi) is 4.99. The molecule has 0 radical (unpaired) electrons. The lowest BCUT2D eigenvalue weighted by atomic mass is 10.5. The minimum absolute atomic E-state index is 0.248. The number of rotatable bonds is 2. The third-order valence-corrected chi connectivity index (χ3v) is 2.64. The second kappa shape index (κ2) is 4.65. The summed E-state index contributed by atoms with van der Waals surface area (Å²) in [5.74, 6) is 0. The molecule has 1 nitrogen and oxygen atoms in total. The van der Waals surface area contributed by atoms with E-state index in [2.05, 4.69) is 31.9 Å². The van der Waals surface area contributed by atoms with E-state index in [1.54, 1.807) is 6.08 Å². The first kappa shape index (κ1) is 7.50. The van der Waals surface area contributed by atoms with Gasteiger partial charge >= 0.3 is 0 Å². The molecule has 0 aliphatic rings. The second-order valence-electron chi connectivity index (χ2n) is 1.01. The summed E-state index contributed by atoms with van der Waals surface area (Å²) >= 11 is 6.45. The van der Waals surface area contributed by atoms with Crippen LogP contribution < -0.4 is 0 Å². The van der Waals surface area contributed by atoms with Crippen LogP contribution in [0.5, 0.6) is 0 Å². The average molecular weight is 230 g/mol. The Labute approximate surface area is 59.7 Å². The van der Waals surface area contributed by atoms with Crippen molar-refractivity contribution in [3.05, 3.63) is 12.3 Å². The summed E-state index contributed by atoms with van der Waals surface area (Å²) in [5.41, 5.74) is 0. The minimum atomic E-state index is 0.248. The van der Waals surface area contributed by atoms with E-state index in [1.165, 1.54) is 0 Å². The zero-order valence-electron chi connectivity index (χ0n) is 3.64. The van der Waals surface area contributed by atoms with E-state index in [0.29, 0.717) is 0 Å². The molecule has 1 N–H and O–H groups in total. The largest absolute Gasteiger partial charge is 0.516 e. The summed E-state index contributed by atoms with van der Waals surface area (Å²) in [6.07, 6.45) is 2.68. The Hall–Kier alpha value is 0.500. The van der Waals surface area contributed by atoms with E-state index in [-0.39, 0.29) is 4.83 Å². The zero-order valence-corrected chi connectivity index (χ0v) is 6.81. The first-order chi connectivity index (χ1) is 3.31. The van der Waals surface area contributed by atoms with Gasteiger partial charge in [-0.1, -0.05) is 31.9 Å². The van der Waals surface area contributed by atoms with Crippen molar-refractivity contribution in [2.24, 2.45) is 0 Å². The summed E-state index contributed by atoms with van der Waals surface area (Å²) in [6.45, 7) is 0. The van der Waals surface area contributed by atoms with Crippen molar-refractivity contribution in [3.63, 3.8) is 0 Å². The van der Waals surface area contributed by atoms with Gasteiger partial charge in [0.05, 0.1) is 6.26 Å². The lowest BCUT2D eigenvalue weighted by Crippen LogP contribution is -1.90. The minimum Gasteiger partial charge on any atom is -0.516 e. The van der Waals surface area contributed by atoms with Crippen molar-refractivity contribution >= 4 is 31.9 Å². The Bertz CT molecular complexity index is 62.7. The molecule has 1 atom stereocenters. The van der Waals surface area contributed by atoms with E-state index in [9.17, 15) is 0 Å². The van der Waals surface area contributed by atoms with Crippen molar-refractivity contribution in [2.45, 2.75) is 4.83 Å². The monoisotopic (exact) mass is 228 g/mol. The van der Waals surface area contributed by atoms with Crippen LogP contribution in [0.3, 0.4) is 0 Å². The Morgan fingerprint density at radius 1 is 1.71 bits per heavy atom. The smallest absolute Gasteiger partial charge is 0.0763 e. The van der Waals surface area contributed by atoms with Crippen LogP contribution in [0.4, 0.5) is 0 Å². The number of hydrogen-bond donors (Lipinski definition) is 1. The van der Waals surface area contributed by atoms with E-state index in [0.717, 1.165) is 11.6 Å². The van der Waals surface area contributed by atoms with Crippen molar-refractivity contribution in [3.8, 4) is 0 Å². The van der Waals surface area contributed by atoms with Gasteiger partial charge in [0.1, 0.15) is 0 Å². The second-order valence-corrected chi connectivity index (χ2v) is 2.84. The molecular weight excluding hydrogens is 224 g/mol. The Morgan fingerprint density at radius 3 is 2.43 bits per heavy atom. The number of hydrogen-bond acceptors (Lipinski definition) is 1. The van der Waals surface area contributed by atoms with Crippen molar-refractivity contribution in [2.75, 3.05) is 5.33 Å². The van der Waals surface area contributed by atoms with Gasteiger partial charge in [-0.25, -0.2) is 0 Å². The first-order valence-corrected chi connectivity index (χ1v) is 3.86. The van der Waals surface area contributed by atoms with Crippen molar-refractivity contribution in [1.82, 2.24) is 0 Å². The number of alkyl halides is 2. The van der Waals surface area contributed by atoms with Crippen LogP contribution in [-0.2, 0) is 0 Å². The molecule has 1 unspecified atom stereocenters. The molecule has 0 heterocycles. The van der Waals surface area contributed by atoms with Crippen molar-refractivity contribution < 1.29 is 5.11 Å². The predicted octanol–water partition coefficient (Wildman–Crippen LogP) is 2.22. The quantitative estimate of drug-likeness (QED) is 0.569. The molecule has 0 aliphatic heterocycles. The van der Waals surface area contributed by atoms with Crippen LogP contribution >= 0.6 is 31.9 Å². The maximum absolute atomic E-state index is 8.14. The molecule has 0 saturated carbocycles. The van der Waals surface area contributed by atoms with E-state index >= 15 is 0 Å². The third kappa shape index (κ3) is 4.35. The van der Waals surface area contributed by atoms with Crippen molar-refractivity contribution in [1.29, 1.82) is 0 Å². The summed E-state index contributed by atoms with van der Waals surface area (Å²) in [4.78, 5) is 0.248. The van der Waals surface area contributed by atoms with Gasteiger partial charge in [0.15, 0.2) is 0 Å². The van der Waals surface area contributed by atoms with E-state index in [1.807, 2.05) is 0 Å². The van der Waals surface area contributed by atoms with Gasteiger partial charge < -0.3 is 5.11 Å².